The molecule has 2 aliphatic heterocycles. The van der Waals surface area contributed by atoms with Crippen molar-refractivity contribution >= 4 is 22.5 Å². The summed E-state index contributed by atoms with van der Waals surface area (Å²) in [6.07, 6.45) is 0. The lowest BCUT2D eigenvalue weighted by Crippen LogP contribution is -2.64. The van der Waals surface area contributed by atoms with E-state index < -0.39 is 0 Å². The molecule has 5 rings (SSSR count). The Kier molecular flexibility index (Phi) is 4.47. The molecule has 2 aromatic carbocycles. The van der Waals surface area contributed by atoms with E-state index in [1.807, 2.05) is 36.4 Å². The van der Waals surface area contributed by atoms with Crippen LogP contribution in [-0.2, 0) is 7.05 Å². The van der Waals surface area contributed by atoms with Gasteiger partial charge in [-0.3, -0.25) is 14.3 Å². The molecule has 3 heterocycles. The van der Waals surface area contributed by atoms with Crippen LogP contribution in [0.15, 0.2) is 53.3 Å². The van der Waals surface area contributed by atoms with E-state index in [1.165, 1.54) is 12.1 Å². The number of halogens is 1. The number of hydrogen-bond donors (Lipinski definition) is 0. The maximum atomic E-state index is 13.1. The summed E-state index contributed by atoms with van der Waals surface area (Å²) >= 11 is 0. The highest BCUT2D eigenvalue weighted by molar-refractivity contribution is 5.78. The van der Waals surface area contributed by atoms with Crippen LogP contribution >= 0.6 is 0 Å². The lowest BCUT2D eigenvalue weighted by molar-refractivity contribution is 0.155. The molecule has 29 heavy (non-hydrogen) atoms. The fraction of sp³-hybridized carbons (Fsp3) is 0.364. The average molecular weight is 393 g/mol. The van der Waals surface area contributed by atoms with Crippen molar-refractivity contribution in [2.75, 3.05) is 49.1 Å². The first kappa shape index (κ1) is 18.1. The molecule has 2 saturated heterocycles. The Morgan fingerprint density at radius 2 is 1.62 bits per heavy atom. The number of aromatic nitrogens is 2. The van der Waals surface area contributed by atoms with E-state index in [9.17, 15) is 9.18 Å². The molecule has 0 atom stereocenters. The van der Waals surface area contributed by atoms with Gasteiger partial charge in [0.1, 0.15) is 5.82 Å². The Hall–Kier alpha value is -2.93. The molecular weight excluding hydrogens is 369 g/mol. The summed E-state index contributed by atoms with van der Waals surface area (Å²) in [6, 6.07) is 14.7. The van der Waals surface area contributed by atoms with Crippen LogP contribution in [-0.4, -0.2) is 59.8 Å². The second kappa shape index (κ2) is 7.15. The number of anilines is 2. The molecule has 2 fully saturated rings. The van der Waals surface area contributed by atoms with Crippen molar-refractivity contribution in [3.63, 3.8) is 0 Å². The number of para-hydroxylation sites is 1. The summed E-state index contributed by atoms with van der Waals surface area (Å²) in [6.45, 7) is 5.62. The molecule has 3 aromatic rings. The summed E-state index contributed by atoms with van der Waals surface area (Å²) in [5.74, 6) is 0.550. The van der Waals surface area contributed by atoms with Gasteiger partial charge in [0.25, 0.3) is 5.56 Å². The van der Waals surface area contributed by atoms with Crippen molar-refractivity contribution in [2.45, 2.75) is 6.04 Å². The van der Waals surface area contributed by atoms with Crippen LogP contribution in [0.4, 0.5) is 16.0 Å². The number of hydrogen-bond acceptors (Lipinski definition) is 5. The molecule has 0 amide bonds. The monoisotopic (exact) mass is 393 g/mol. The zero-order chi connectivity index (χ0) is 20.0. The number of rotatable bonds is 3. The Morgan fingerprint density at radius 1 is 0.931 bits per heavy atom. The first-order chi connectivity index (χ1) is 14.1. The van der Waals surface area contributed by atoms with Crippen LogP contribution in [0.1, 0.15) is 0 Å². The SMILES string of the molecule is Cn1c(N2CC(N3CCN(c4ccc(F)cc4)CC3)C2)nc2ccccc2c1=O. The Morgan fingerprint density at radius 3 is 2.34 bits per heavy atom. The van der Waals surface area contributed by atoms with Crippen molar-refractivity contribution in [3.05, 3.63) is 64.7 Å². The summed E-state index contributed by atoms with van der Waals surface area (Å²) in [7, 11) is 1.80. The minimum atomic E-state index is -0.196. The molecule has 150 valence electrons. The fourth-order valence-corrected chi connectivity index (χ4v) is 4.34. The predicted molar refractivity (Wildman–Crippen MR) is 113 cm³/mol. The predicted octanol–water partition coefficient (Wildman–Crippen LogP) is 2.08. The maximum absolute atomic E-state index is 13.1. The van der Waals surface area contributed by atoms with Crippen LogP contribution in [0, 0.1) is 5.82 Å². The van der Waals surface area contributed by atoms with Crippen molar-refractivity contribution in [2.24, 2.45) is 7.05 Å². The fourth-order valence-electron chi connectivity index (χ4n) is 4.34. The van der Waals surface area contributed by atoms with Gasteiger partial charge in [0, 0.05) is 58.0 Å². The lowest BCUT2D eigenvalue weighted by Gasteiger charge is -2.49. The van der Waals surface area contributed by atoms with Gasteiger partial charge < -0.3 is 9.80 Å². The van der Waals surface area contributed by atoms with Crippen LogP contribution < -0.4 is 15.4 Å². The highest BCUT2D eigenvalue weighted by Gasteiger charge is 2.35. The van der Waals surface area contributed by atoms with Crippen LogP contribution in [0.2, 0.25) is 0 Å². The largest absolute Gasteiger partial charge is 0.369 e. The molecule has 0 radical (unpaired) electrons. The molecule has 1 aromatic heterocycles. The Bertz CT molecular complexity index is 1080. The van der Waals surface area contributed by atoms with Crippen LogP contribution in [0.5, 0.6) is 0 Å². The summed E-state index contributed by atoms with van der Waals surface area (Å²) in [5, 5.41) is 0.660. The molecule has 7 heteroatoms. The summed E-state index contributed by atoms with van der Waals surface area (Å²) in [4.78, 5) is 24.4. The normalized spacial score (nSPS) is 18.3. The van der Waals surface area contributed by atoms with Gasteiger partial charge in [0.15, 0.2) is 0 Å². The molecule has 0 aliphatic carbocycles. The van der Waals surface area contributed by atoms with Gasteiger partial charge in [-0.25, -0.2) is 9.37 Å². The molecule has 0 spiro atoms. The minimum absolute atomic E-state index is 0.00182. The minimum Gasteiger partial charge on any atom is -0.369 e. The van der Waals surface area contributed by atoms with E-state index >= 15 is 0 Å². The molecule has 0 saturated carbocycles. The van der Waals surface area contributed by atoms with Crippen LogP contribution in [0.3, 0.4) is 0 Å². The van der Waals surface area contributed by atoms with E-state index in [4.69, 9.17) is 4.98 Å². The first-order valence-electron chi connectivity index (χ1n) is 10.1. The van der Waals surface area contributed by atoms with E-state index in [-0.39, 0.29) is 11.4 Å². The molecule has 2 aliphatic rings. The number of benzene rings is 2. The van der Waals surface area contributed by atoms with E-state index in [0.29, 0.717) is 11.4 Å². The van der Waals surface area contributed by atoms with Gasteiger partial charge >= 0.3 is 0 Å². The van der Waals surface area contributed by atoms with Gasteiger partial charge in [-0.05, 0) is 36.4 Å². The lowest BCUT2D eigenvalue weighted by atomic mass is 10.1. The third-order valence-electron chi connectivity index (χ3n) is 6.13. The van der Waals surface area contributed by atoms with Gasteiger partial charge in [-0.1, -0.05) is 12.1 Å². The van der Waals surface area contributed by atoms with E-state index in [0.717, 1.165) is 56.4 Å². The Labute approximate surface area is 168 Å². The zero-order valence-corrected chi connectivity index (χ0v) is 16.5. The molecule has 0 bridgehead atoms. The molecule has 0 unspecified atom stereocenters. The second-order valence-electron chi connectivity index (χ2n) is 7.85. The van der Waals surface area contributed by atoms with Crippen molar-refractivity contribution in [1.82, 2.24) is 14.5 Å². The van der Waals surface area contributed by atoms with Crippen molar-refractivity contribution in [3.8, 4) is 0 Å². The van der Waals surface area contributed by atoms with E-state index in [1.54, 1.807) is 11.6 Å². The third-order valence-corrected chi connectivity index (χ3v) is 6.13. The van der Waals surface area contributed by atoms with Crippen molar-refractivity contribution in [1.29, 1.82) is 0 Å². The second-order valence-corrected chi connectivity index (χ2v) is 7.85. The highest BCUT2D eigenvalue weighted by Crippen LogP contribution is 2.24. The van der Waals surface area contributed by atoms with E-state index in [2.05, 4.69) is 14.7 Å². The standard InChI is InChI=1S/C22H24FN5O/c1-25-21(29)19-4-2-3-5-20(19)24-22(25)28-14-18(15-28)27-12-10-26(11-13-27)17-8-6-16(23)7-9-17/h2-9,18H,10-15H2,1H3. The zero-order valence-electron chi connectivity index (χ0n) is 16.5. The summed E-state index contributed by atoms with van der Waals surface area (Å²) in [5.41, 5.74) is 1.83. The quantitative estimate of drug-likeness (QED) is 0.682. The molecule has 6 nitrogen and oxygen atoms in total. The smallest absolute Gasteiger partial charge is 0.262 e. The molecule has 0 N–H and O–H groups in total. The highest BCUT2D eigenvalue weighted by atomic mass is 19.1. The molecular formula is C22H24FN5O. The Balaban J connectivity index is 1.23. The van der Waals surface area contributed by atoms with Crippen LogP contribution in [0.25, 0.3) is 10.9 Å². The first-order valence-corrected chi connectivity index (χ1v) is 10.1. The average Bonchev–Trinajstić information content (AvgIpc) is 2.72. The van der Waals surface area contributed by atoms with Gasteiger partial charge in [-0.2, -0.15) is 0 Å². The topological polar surface area (TPSA) is 44.6 Å². The van der Waals surface area contributed by atoms with Crippen molar-refractivity contribution < 1.29 is 4.39 Å². The summed E-state index contributed by atoms with van der Waals surface area (Å²) < 4.78 is 14.8. The maximum Gasteiger partial charge on any atom is 0.262 e. The third kappa shape index (κ3) is 3.25. The number of nitrogens with zero attached hydrogens (tertiary/aromatic N) is 5. The van der Waals surface area contributed by atoms with Gasteiger partial charge in [0.05, 0.1) is 10.9 Å². The number of fused-ring (bicyclic) bond motifs is 1. The van der Waals surface area contributed by atoms with Gasteiger partial charge in [-0.15, -0.1) is 0 Å². The van der Waals surface area contributed by atoms with Gasteiger partial charge in [0.2, 0.25) is 5.95 Å². The number of piperazine rings is 1.